The molecule has 3 aromatic rings. The Bertz CT molecular complexity index is 1090. The molecule has 1 aliphatic heterocycles. The SMILES string of the molecule is C=C1C(=O)SC(=O)N1c1cccc2c1ccn2-c1ccc(C#N)cc1. The average molecular weight is 345 g/mol. The molecule has 1 aliphatic rings. The van der Waals surface area contributed by atoms with E-state index in [1.807, 2.05) is 41.1 Å². The zero-order valence-electron chi connectivity index (χ0n) is 13.0. The predicted molar refractivity (Wildman–Crippen MR) is 97.6 cm³/mol. The van der Waals surface area contributed by atoms with Crippen LogP contribution in [-0.2, 0) is 4.79 Å². The van der Waals surface area contributed by atoms with Crippen LogP contribution in [0.25, 0.3) is 16.6 Å². The molecule has 1 amide bonds. The molecule has 0 atom stereocenters. The van der Waals surface area contributed by atoms with E-state index in [9.17, 15) is 9.59 Å². The summed E-state index contributed by atoms with van der Waals surface area (Å²) in [5.74, 6) is 0. The van der Waals surface area contributed by atoms with E-state index < -0.39 is 0 Å². The second-order valence-corrected chi connectivity index (χ2v) is 6.42. The summed E-state index contributed by atoms with van der Waals surface area (Å²) in [6, 6.07) is 16.8. The van der Waals surface area contributed by atoms with Crippen LogP contribution in [0.2, 0.25) is 0 Å². The minimum absolute atomic E-state index is 0.175. The molecule has 0 radical (unpaired) electrons. The molecule has 1 saturated heterocycles. The van der Waals surface area contributed by atoms with Gasteiger partial charge in [0.2, 0.25) is 5.12 Å². The van der Waals surface area contributed by atoms with Gasteiger partial charge in [-0.3, -0.25) is 14.5 Å². The molecule has 0 unspecified atom stereocenters. The maximum atomic E-state index is 12.2. The highest BCUT2D eigenvalue weighted by atomic mass is 32.2. The van der Waals surface area contributed by atoms with Gasteiger partial charge in [0.05, 0.1) is 28.5 Å². The number of hydrogen-bond acceptors (Lipinski definition) is 4. The lowest BCUT2D eigenvalue weighted by Crippen LogP contribution is -2.20. The Kier molecular flexibility index (Phi) is 3.45. The summed E-state index contributed by atoms with van der Waals surface area (Å²) in [5.41, 5.74) is 3.21. The summed E-state index contributed by atoms with van der Waals surface area (Å²) in [6.45, 7) is 3.73. The lowest BCUT2D eigenvalue weighted by Gasteiger charge is -2.16. The van der Waals surface area contributed by atoms with Crippen LogP contribution in [-0.4, -0.2) is 14.9 Å². The van der Waals surface area contributed by atoms with E-state index >= 15 is 0 Å². The Hall–Kier alpha value is -3.30. The van der Waals surface area contributed by atoms with Gasteiger partial charge in [0.25, 0.3) is 5.24 Å². The van der Waals surface area contributed by atoms with Crippen molar-refractivity contribution in [1.29, 1.82) is 5.26 Å². The third-order valence-electron chi connectivity index (χ3n) is 4.09. The molecule has 5 nitrogen and oxygen atoms in total. The smallest absolute Gasteiger partial charge is 0.298 e. The van der Waals surface area contributed by atoms with E-state index in [1.165, 1.54) is 4.90 Å². The van der Waals surface area contributed by atoms with Gasteiger partial charge < -0.3 is 4.57 Å². The fourth-order valence-electron chi connectivity index (χ4n) is 2.90. The number of aromatic nitrogens is 1. The van der Waals surface area contributed by atoms with Crippen LogP contribution in [0, 0.1) is 11.3 Å². The number of nitriles is 1. The molecule has 0 aliphatic carbocycles. The first-order valence-electron chi connectivity index (χ1n) is 7.46. The molecule has 1 aromatic heterocycles. The third kappa shape index (κ3) is 2.33. The molecule has 1 fully saturated rings. The summed E-state index contributed by atoms with van der Waals surface area (Å²) >= 11 is 0.658. The second kappa shape index (κ2) is 5.65. The molecule has 0 bridgehead atoms. The molecular formula is C19H11N3O2S. The van der Waals surface area contributed by atoms with Crippen molar-refractivity contribution in [3.63, 3.8) is 0 Å². The second-order valence-electron chi connectivity index (χ2n) is 5.49. The molecule has 6 heteroatoms. The van der Waals surface area contributed by atoms with Crippen molar-refractivity contribution in [3.05, 3.63) is 72.6 Å². The zero-order chi connectivity index (χ0) is 17.6. The molecule has 2 heterocycles. The molecule has 25 heavy (non-hydrogen) atoms. The number of hydrogen-bond donors (Lipinski definition) is 0. The first kappa shape index (κ1) is 15.2. The molecule has 0 N–H and O–H groups in total. The van der Waals surface area contributed by atoms with E-state index in [0.717, 1.165) is 16.6 Å². The molecule has 120 valence electrons. The lowest BCUT2D eigenvalue weighted by atomic mass is 10.2. The van der Waals surface area contributed by atoms with Crippen LogP contribution in [0.4, 0.5) is 10.5 Å². The van der Waals surface area contributed by atoms with Crippen molar-refractivity contribution in [1.82, 2.24) is 4.57 Å². The largest absolute Gasteiger partial charge is 0.316 e. The van der Waals surface area contributed by atoms with Crippen molar-refractivity contribution in [2.75, 3.05) is 4.90 Å². The van der Waals surface area contributed by atoms with E-state index in [-0.39, 0.29) is 16.1 Å². The molecule has 4 rings (SSSR count). The maximum absolute atomic E-state index is 12.2. The molecule has 0 saturated carbocycles. The van der Waals surface area contributed by atoms with Crippen LogP contribution < -0.4 is 4.90 Å². The summed E-state index contributed by atoms with van der Waals surface area (Å²) in [5, 5.41) is 9.11. The van der Waals surface area contributed by atoms with Gasteiger partial charge in [-0.05, 0) is 42.5 Å². The van der Waals surface area contributed by atoms with Crippen LogP contribution in [0.1, 0.15) is 5.56 Å². The standard InChI is InChI=1S/C19H11N3O2S/c1-12-18(23)25-19(24)22(12)17-4-2-3-16-15(17)9-10-21(16)14-7-5-13(11-20)6-8-14/h2-10H,1H2. The van der Waals surface area contributed by atoms with Crippen LogP contribution >= 0.6 is 11.8 Å². The number of fused-ring (bicyclic) bond motifs is 1. The molecule has 2 aromatic carbocycles. The first-order chi connectivity index (χ1) is 12.1. The lowest BCUT2D eigenvalue weighted by molar-refractivity contribution is -0.107. The average Bonchev–Trinajstić information content (AvgIpc) is 3.16. The van der Waals surface area contributed by atoms with Gasteiger partial charge in [0.15, 0.2) is 0 Å². The Labute approximate surface area is 147 Å². The summed E-state index contributed by atoms with van der Waals surface area (Å²) < 4.78 is 1.97. The number of carbonyl (C=O) groups excluding carboxylic acids is 2. The molecule has 0 spiro atoms. The number of amides is 1. The minimum atomic E-state index is -0.339. The molecular weight excluding hydrogens is 334 g/mol. The summed E-state index contributed by atoms with van der Waals surface area (Å²) in [7, 11) is 0. The van der Waals surface area contributed by atoms with Crippen LogP contribution in [0.3, 0.4) is 0 Å². The summed E-state index contributed by atoms with van der Waals surface area (Å²) in [6.07, 6.45) is 1.90. The van der Waals surface area contributed by atoms with Crippen molar-refractivity contribution in [2.24, 2.45) is 0 Å². The van der Waals surface area contributed by atoms with E-state index in [0.29, 0.717) is 23.0 Å². The number of anilines is 1. The predicted octanol–water partition coefficient (Wildman–Crippen LogP) is 4.22. The van der Waals surface area contributed by atoms with Gasteiger partial charge >= 0.3 is 0 Å². The Morgan fingerprint density at radius 2 is 1.80 bits per heavy atom. The number of carbonyl (C=O) groups is 2. The first-order valence-corrected chi connectivity index (χ1v) is 8.27. The Balaban J connectivity index is 1.86. The fourth-order valence-corrected chi connectivity index (χ4v) is 3.56. The van der Waals surface area contributed by atoms with Crippen molar-refractivity contribution < 1.29 is 9.59 Å². The van der Waals surface area contributed by atoms with Gasteiger partial charge in [-0.25, -0.2) is 0 Å². The number of rotatable bonds is 2. The number of thioether (sulfide) groups is 1. The van der Waals surface area contributed by atoms with Crippen molar-refractivity contribution in [3.8, 4) is 11.8 Å². The summed E-state index contributed by atoms with van der Waals surface area (Å²) in [4.78, 5) is 25.3. The van der Waals surface area contributed by atoms with Crippen molar-refractivity contribution in [2.45, 2.75) is 0 Å². The highest BCUT2D eigenvalue weighted by Crippen LogP contribution is 2.37. The van der Waals surface area contributed by atoms with Gasteiger partial charge in [-0.2, -0.15) is 5.26 Å². The highest BCUT2D eigenvalue weighted by Gasteiger charge is 2.35. The minimum Gasteiger partial charge on any atom is -0.316 e. The zero-order valence-corrected chi connectivity index (χ0v) is 13.8. The maximum Gasteiger partial charge on any atom is 0.298 e. The number of benzene rings is 2. The number of nitrogens with zero attached hydrogens (tertiary/aromatic N) is 3. The van der Waals surface area contributed by atoms with E-state index in [2.05, 4.69) is 12.6 Å². The van der Waals surface area contributed by atoms with Gasteiger partial charge in [-0.15, -0.1) is 0 Å². The topological polar surface area (TPSA) is 66.1 Å². The van der Waals surface area contributed by atoms with Crippen molar-refractivity contribution >= 4 is 38.7 Å². The quantitative estimate of drug-likeness (QED) is 0.652. The van der Waals surface area contributed by atoms with Crippen LogP contribution in [0.5, 0.6) is 0 Å². The fraction of sp³-hybridized carbons (Fsp3) is 0. The van der Waals surface area contributed by atoms with E-state index in [1.54, 1.807) is 18.2 Å². The third-order valence-corrected chi connectivity index (χ3v) is 4.87. The normalized spacial score (nSPS) is 14.4. The highest BCUT2D eigenvalue weighted by molar-refractivity contribution is 8.27. The Morgan fingerprint density at radius 1 is 1.04 bits per heavy atom. The van der Waals surface area contributed by atoms with Gasteiger partial charge in [-0.1, -0.05) is 12.6 Å². The van der Waals surface area contributed by atoms with Gasteiger partial charge in [0, 0.05) is 29.0 Å². The Morgan fingerprint density at radius 3 is 2.44 bits per heavy atom. The monoisotopic (exact) mass is 345 g/mol. The van der Waals surface area contributed by atoms with Crippen LogP contribution in [0.15, 0.2) is 67.0 Å². The van der Waals surface area contributed by atoms with Gasteiger partial charge in [0.1, 0.15) is 0 Å². The van der Waals surface area contributed by atoms with E-state index in [4.69, 9.17) is 5.26 Å².